The number of aryl methyl sites for hydroxylation is 1. The summed E-state index contributed by atoms with van der Waals surface area (Å²) in [6.45, 7) is 6.33. The van der Waals surface area contributed by atoms with E-state index in [1.807, 2.05) is 24.4 Å². The Hall–Kier alpha value is -2.62. The number of carbonyl (C=O) groups is 1. The second-order valence-electron chi connectivity index (χ2n) is 6.44. The fraction of sp³-hybridized carbons (Fsp3) is 0.350. The van der Waals surface area contributed by atoms with Crippen molar-refractivity contribution in [1.82, 2.24) is 14.7 Å². The molecule has 0 spiro atoms. The fourth-order valence-corrected chi connectivity index (χ4v) is 3.19. The molecule has 2 heterocycles. The number of morpholine rings is 1. The average Bonchev–Trinajstić information content (AvgIpc) is 3.15. The van der Waals surface area contributed by atoms with Crippen LogP contribution < -0.4 is 0 Å². The van der Waals surface area contributed by atoms with Gasteiger partial charge in [-0.2, -0.15) is 10.4 Å². The number of nitriles is 1. The minimum Gasteiger partial charge on any atom is -0.378 e. The van der Waals surface area contributed by atoms with Gasteiger partial charge in [-0.05, 0) is 36.1 Å². The van der Waals surface area contributed by atoms with E-state index in [0.29, 0.717) is 49.7 Å². The summed E-state index contributed by atoms with van der Waals surface area (Å²) >= 11 is 6.18. The smallest absolute Gasteiger partial charge is 0.244 e. The molecule has 27 heavy (non-hydrogen) atoms. The number of hydrogen-bond donors (Lipinski definition) is 0. The molecule has 1 saturated heterocycles. The lowest BCUT2D eigenvalue weighted by Crippen LogP contribution is -2.42. The molecule has 0 aliphatic carbocycles. The Morgan fingerprint density at radius 1 is 1.37 bits per heavy atom. The van der Waals surface area contributed by atoms with E-state index in [2.05, 4.69) is 17.7 Å². The highest BCUT2D eigenvalue weighted by molar-refractivity contribution is 6.30. The quantitative estimate of drug-likeness (QED) is 0.717. The highest BCUT2D eigenvalue weighted by Crippen LogP contribution is 2.28. The Morgan fingerprint density at radius 2 is 2.15 bits per heavy atom. The van der Waals surface area contributed by atoms with E-state index in [9.17, 15) is 4.79 Å². The van der Waals surface area contributed by atoms with Crippen molar-refractivity contribution in [3.8, 4) is 17.2 Å². The number of amides is 1. The predicted octanol–water partition coefficient (Wildman–Crippen LogP) is 3.07. The molecule has 1 amide bonds. The third kappa shape index (κ3) is 4.97. The summed E-state index contributed by atoms with van der Waals surface area (Å²) < 4.78 is 6.92. The first-order chi connectivity index (χ1) is 13.1. The van der Waals surface area contributed by atoms with E-state index < -0.39 is 0 Å². The van der Waals surface area contributed by atoms with Crippen LogP contribution in [0.15, 0.2) is 42.7 Å². The predicted molar refractivity (Wildman–Crippen MR) is 103 cm³/mol. The first kappa shape index (κ1) is 19.2. The van der Waals surface area contributed by atoms with Crippen molar-refractivity contribution in [2.24, 2.45) is 0 Å². The zero-order valence-corrected chi connectivity index (χ0v) is 15.8. The van der Waals surface area contributed by atoms with Gasteiger partial charge >= 0.3 is 0 Å². The fourth-order valence-electron chi connectivity index (χ4n) is 3.02. The van der Waals surface area contributed by atoms with Crippen molar-refractivity contribution in [3.05, 3.63) is 53.3 Å². The summed E-state index contributed by atoms with van der Waals surface area (Å²) in [5, 5.41) is 13.9. The van der Waals surface area contributed by atoms with Gasteiger partial charge in [-0.1, -0.05) is 24.2 Å². The number of carbonyl (C=O) groups excluding carboxylic acids is 1. The van der Waals surface area contributed by atoms with Gasteiger partial charge in [-0.3, -0.25) is 9.48 Å². The van der Waals surface area contributed by atoms with Gasteiger partial charge in [-0.25, -0.2) is 0 Å². The summed E-state index contributed by atoms with van der Waals surface area (Å²) in [6.07, 6.45) is 4.87. The number of nitrogens with zero attached hydrogens (tertiary/aromatic N) is 4. The first-order valence-electron chi connectivity index (χ1n) is 8.81. The minimum absolute atomic E-state index is 0.0320. The highest BCUT2D eigenvalue weighted by atomic mass is 35.5. The number of aromatic nitrogens is 2. The number of rotatable bonds is 6. The summed E-state index contributed by atoms with van der Waals surface area (Å²) in [5.74, 6) is 0.0320. The van der Waals surface area contributed by atoms with Crippen LogP contribution in [0.1, 0.15) is 12.0 Å². The number of ether oxygens (including phenoxy) is 1. The molecule has 1 aliphatic heterocycles. The van der Waals surface area contributed by atoms with Crippen LogP contribution in [0.5, 0.6) is 0 Å². The molecule has 0 N–H and O–H groups in total. The van der Waals surface area contributed by atoms with Crippen molar-refractivity contribution in [2.75, 3.05) is 26.3 Å². The van der Waals surface area contributed by atoms with Gasteiger partial charge in [-0.15, -0.1) is 0 Å². The number of halogens is 1. The van der Waals surface area contributed by atoms with E-state index in [4.69, 9.17) is 21.6 Å². The summed E-state index contributed by atoms with van der Waals surface area (Å²) in [5.41, 5.74) is 3.46. The Bertz CT molecular complexity index is 878. The van der Waals surface area contributed by atoms with Crippen LogP contribution in [0.3, 0.4) is 0 Å². The van der Waals surface area contributed by atoms with Gasteiger partial charge in [0.1, 0.15) is 6.54 Å². The van der Waals surface area contributed by atoms with Crippen molar-refractivity contribution < 1.29 is 9.53 Å². The molecule has 6 nitrogen and oxygen atoms in total. The Balaban J connectivity index is 1.75. The van der Waals surface area contributed by atoms with Gasteiger partial charge in [0.15, 0.2) is 0 Å². The van der Waals surface area contributed by atoms with E-state index >= 15 is 0 Å². The van der Waals surface area contributed by atoms with Crippen molar-refractivity contribution in [3.63, 3.8) is 0 Å². The summed E-state index contributed by atoms with van der Waals surface area (Å²) in [4.78, 5) is 14.2. The molecule has 0 bridgehead atoms. The lowest BCUT2D eigenvalue weighted by molar-refractivity contribution is -0.136. The van der Waals surface area contributed by atoms with Gasteiger partial charge in [0, 0.05) is 35.4 Å². The summed E-state index contributed by atoms with van der Waals surface area (Å²) in [6, 6.07) is 7.75. The van der Waals surface area contributed by atoms with Crippen LogP contribution >= 0.6 is 11.6 Å². The van der Waals surface area contributed by atoms with E-state index in [-0.39, 0.29) is 12.5 Å². The summed E-state index contributed by atoms with van der Waals surface area (Å²) in [7, 11) is 0. The maximum Gasteiger partial charge on any atom is 0.244 e. The van der Waals surface area contributed by atoms with Crippen LogP contribution in [-0.2, 0) is 22.5 Å². The molecule has 1 aromatic carbocycles. The molecule has 3 rings (SSSR count). The van der Waals surface area contributed by atoms with Crippen LogP contribution in [0, 0.1) is 11.3 Å². The molecule has 7 heteroatoms. The highest BCUT2D eigenvalue weighted by Gasteiger charge is 2.18. The molecular formula is C20H21ClN4O2. The molecule has 0 radical (unpaired) electrons. The lowest BCUT2D eigenvalue weighted by Gasteiger charge is -2.26. The Labute approximate surface area is 163 Å². The van der Waals surface area contributed by atoms with E-state index in [0.717, 1.165) is 16.7 Å². The standard InChI is InChI=1S/C20H21ClN4O2/c1-15(11-22)2-3-16-4-5-18(21)10-19(16)17-12-23-25(13-17)14-20(26)24-6-8-27-9-7-24/h4-5,10,12-13H,1-3,6-9,14H2. The Morgan fingerprint density at radius 3 is 2.89 bits per heavy atom. The maximum atomic E-state index is 12.4. The second-order valence-corrected chi connectivity index (χ2v) is 6.87. The van der Waals surface area contributed by atoms with Crippen molar-refractivity contribution in [1.29, 1.82) is 5.26 Å². The molecule has 140 valence electrons. The maximum absolute atomic E-state index is 12.4. The van der Waals surface area contributed by atoms with Gasteiger partial charge in [0.25, 0.3) is 0 Å². The van der Waals surface area contributed by atoms with Crippen molar-refractivity contribution >= 4 is 17.5 Å². The lowest BCUT2D eigenvalue weighted by atomic mass is 9.97. The molecule has 1 aliphatic rings. The first-order valence-corrected chi connectivity index (χ1v) is 9.19. The normalized spacial score (nSPS) is 14.0. The monoisotopic (exact) mass is 384 g/mol. The number of hydrogen-bond acceptors (Lipinski definition) is 4. The third-order valence-corrected chi connectivity index (χ3v) is 4.77. The number of allylic oxidation sites excluding steroid dienone is 1. The SMILES string of the molecule is C=C(C#N)CCc1ccc(Cl)cc1-c1cnn(CC(=O)N2CCOCC2)c1. The molecule has 1 aromatic heterocycles. The van der Waals surface area contributed by atoms with Crippen LogP contribution in [0.25, 0.3) is 11.1 Å². The van der Waals surface area contributed by atoms with Crippen LogP contribution in [0.4, 0.5) is 0 Å². The van der Waals surface area contributed by atoms with E-state index in [1.165, 1.54) is 0 Å². The molecule has 1 fully saturated rings. The molecule has 0 saturated carbocycles. The molecule has 0 unspecified atom stereocenters. The molecule has 2 aromatic rings. The Kier molecular flexibility index (Phi) is 6.28. The third-order valence-electron chi connectivity index (χ3n) is 4.53. The minimum atomic E-state index is 0.0320. The van der Waals surface area contributed by atoms with E-state index in [1.54, 1.807) is 15.8 Å². The van der Waals surface area contributed by atoms with Crippen molar-refractivity contribution in [2.45, 2.75) is 19.4 Å². The zero-order chi connectivity index (χ0) is 19.2. The van der Waals surface area contributed by atoms with Gasteiger partial charge in [0.2, 0.25) is 5.91 Å². The second kappa shape index (κ2) is 8.85. The topological polar surface area (TPSA) is 71.2 Å². The average molecular weight is 385 g/mol. The zero-order valence-electron chi connectivity index (χ0n) is 15.0. The van der Waals surface area contributed by atoms with Crippen LogP contribution in [0.2, 0.25) is 5.02 Å². The molecular weight excluding hydrogens is 364 g/mol. The van der Waals surface area contributed by atoms with Gasteiger partial charge < -0.3 is 9.64 Å². The van der Waals surface area contributed by atoms with Crippen LogP contribution in [-0.4, -0.2) is 46.9 Å². The molecule has 0 atom stereocenters. The largest absolute Gasteiger partial charge is 0.378 e. The number of benzene rings is 1. The van der Waals surface area contributed by atoms with Gasteiger partial charge in [0.05, 0.1) is 25.5 Å².